The average molecular weight is 515 g/mol. The zero-order chi connectivity index (χ0) is 16.9. The van der Waals surface area contributed by atoms with E-state index in [0.717, 1.165) is 40.2 Å². The summed E-state index contributed by atoms with van der Waals surface area (Å²) in [5.74, 6) is 0. The molecule has 2 aromatic carbocycles. The van der Waals surface area contributed by atoms with Gasteiger partial charge in [0.2, 0.25) is 0 Å². The molecule has 0 atom stereocenters. The van der Waals surface area contributed by atoms with E-state index in [1.807, 2.05) is 85.1 Å². The van der Waals surface area contributed by atoms with Crippen molar-refractivity contribution in [3.05, 3.63) is 109 Å². The van der Waals surface area contributed by atoms with E-state index in [1.54, 1.807) is 0 Å². The fourth-order valence-corrected chi connectivity index (χ4v) is 2.75. The molecule has 3 heteroatoms. The maximum Gasteiger partial charge on any atom is 2.00 e. The number of pyridine rings is 2. The molecule has 0 aliphatic carbocycles. The van der Waals surface area contributed by atoms with Crippen molar-refractivity contribution < 1.29 is 21.1 Å². The predicted molar refractivity (Wildman–Crippen MR) is 99.8 cm³/mol. The van der Waals surface area contributed by atoms with Crippen LogP contribution in [0.25, 0.3) is 22.4 Å². The van der Waals surface area contributed by atoms with E-state index < -0.39 is 0 Å². The van der Waals surface area contributed by atoms with E-state index in [4.69, 9.17) is 4.98 Å². The van der Waals surface area contributed by atoms with E-state index in [2.05, 4.69) is 17.1 Å². The number of hydrogen-bond donors (Lipinski definition) is 0. The Bertz CT molecular complexity index is 969. The fourth-order valence-electron chi connectivity index (χ4n) is 2.75. The molecular weight excluding hydrogens is 499 g/mol. The standard InChI is InChI=1S/C23H16N2.Pt/c1-2-8-18(9-3-1)19-10-6-11-20(16-19)23-14-7-13-22(25-23)17-21-12-4-5-15-24-21;/h1-8,10-15H,17H2;/q-2;+2. The first-order valence-electron chi connectivity index (χ1n) is 8.24. The minimum absolute atomic E-state index is 0. The maximum absolute atomic E-state index is 4.79. The Morgan fingerprint density at radius 1 is 0.692 bits per heavy atom. The summed E-state index contributed by atoms with van der Waals surface area (Å²) < 4.78 is 0. The number of aromatic nitrogens is 2. The van der Waals surface area contributed by atoms with E-state index >= 15 is 0 Å². The number of nitrogens with zero attached hydrogens (tertiary/aromatic N) is 2. The molecule has 2 nitrogen and oxygen atoms in total. The van der Waals surface area contributed by atoms with Gasteiger partial charge in [0.05, 0.1) is 0 Å². The van der Waals surface area contributed by atoms with E-state index in [1.165, 1.54) is 0 Å². The summed E-state index contributed by atoms with van der Waals surface area (Å²) >= 11 is 0. The third-order valence-electron chi connectivity index (χ3n) is 3.97. The second-order valence-corrected chi connectivity index (χ2v) is 5.77. The molecule has 0 spiro atoms. The van der Waals surface area contributed by atoms with E-state index in [0.29, 0.717) is 0 Å². The quantitative estimate of drug-likeness (QED) is 0.358. The van der Waals surface area contributed by atoms with E-state index in [9.17, 15) is 0 Å². The number of rotatable bonds is 4. The van der Waals surface area contributed by atoms with Crippen LogP contribution < -0.4 is 0 Å². The van der Waals surface area contributed by atoms with Gasteiger partial charge in [-0.2, -0.15) is 42.0 Å². The van der Waals surface area contributed by atoms with Crippen LogP contribution in [0, 0.1) is 12.1 Å². The summed E-state index contributed by atoms with van der Waals surface area (Å²) in [7, 11) is 0. The van der Waals surface area contributed by atoms with Crippen molar-refractivity contribution >= 4 is 0 Å². The van der Waals surface area contributed by atoms with Crippen LogP contribution in [0.1, 0.15) is 11.4 Å². The monoisotopic (exact) mass is 515 g/mol. The molecule has 0 N–H and O–H groups in total. The Balaban J connectivity index is 0.00000196. The Morgan fingerprint density at radius 2 is 1.46 bits per heavy atom. The van der Waals surface area contributed by atoms with Crippen LogP contribution in [0.4, 0.5) is 0 Å². The minimum atomic E-state index is 0. The topological polar surface area (TPSA) is 25.8 Å². The van der Waals surface area contributed by atoms with Gasteiger partial charge in [0.25, 0.3) is 0 Å². The van der Waals surface area contributed by atoms with Crippen LogP contribution in [-0.2, 0) is 27.5 Å². The van der Waals surface area contributed by atoms with E-state index in [-0.39, 0.29) is 21.1 Å². The van der Waals surface area contributed by atoms with Gasteiger partial charge in [-0.1, -0.05) is 18.2 Å². The van der Waals surface area contributed by atoms with Gasteiger partial charge in [-0.3, -0.25) is 9.97 Å². The number of benzene rings is 2. The molecule has 0 saturated carbocycles. The molecule has 4 rings (SSSR count). The normalized spacial score (nSPS) is 10.2. The fraction of sp³-hybridized carbons (Fsp3) is 0.0435. The van der Waals surface area contributed by atoms with Crippen LogP contribution >= 0.6 is 0 Å². The predicted octanol–water partition coefficient (Wildman–Crippen LogP) is 5.00. The molecule has 2 aromatic heterocycles. The van der Waals surface area contributed by atoms with Gasteiger partial charge in [-0.15, -0.1) is 23.8 Å². The molecule has 0 aliphatic heterocycles. The first-order valence-corrected chi connectivity index (χ1v) is 8.24. The number of hydrogen-bond acceptors (Lipinski definition) is 2. The van der Waals surface area contributed by atoms with Crippen molar-refractivity contribution in [3.8, 4) is 22.4 Å². The molecule has 128 valence electrons. The van der Waals surface area contributed by atoms with Gasteiger partial charge < -0.3 is 0 Å². The van der Waals surface area contributed by atoms with Crippen LogP contribution in [0.15, 0.2) is 85.1 Å². The molecule has 26 heavy (non-hydrogen) atoms. The molecular formula is C23H16N2Pt. The second-order valence-electron chi connectivity index (χ2n) is 5.77. The largest absolute Gasteiger partial charge is 2.00 e. The maximum atomic E-state index is 4.79. The van der Waals surface area contributed by atoms with Crippen molar-refractivity contribution in [2.75, 3.05) is 0 Å². The summed E-state index contributed by atoms with van der Waals surface area (Å²) in [5, 5.41) is 0. The smallest absolute Gasteiger partial charge is 0.291 e. The first kappa shape index (κ1) is 18.2. The Hall–Kier alpha value is -2.57. The molecule has 0 fully saturated rings. The van der Waals surface area contributed by atoms with Crippen LogP contribution in [-0.4, -0.2) is 9.97 Å². The molecule has 0 saturated heterocycles. The Labute approximate surface area is 168 Å². The van der Waals surface area contributed by atoms with Gasteiger partial charge in [0, 0.05) is 29.7 Å². The SMILES string of the molecule is [Pt+2].[c-]1ccccc1-c1[c-]c(-c2cccc(Cc3ccccn3)n2)ccc1. The Morgan fingerprint density at radius 3 is 2.27 bits per heavy atom. The van der Waals surface area contributed by atoms with Crippen molar-refractivity contribution in [2.45, 2.75) is 6.42 Å². The van der Waals surface area contributed by atoms with Gasteiger partial charge in [-0.25, -0.2) is 5.56 Å². The summed E-state index contributed by atoms with van der Waals surface area (Å²) in [6.07, 6.45) is 2.54. The molecule has 4 aromatic rings. The Kier molecular flexibility index (Phi) is 6.09. The summed E-state index contributed by atoms with van der Waals surface area (Å²) in [6.45, 7) is 0. The summed E-state index contributed by atoms with van der Waals surface area (Å²) in [6, 6.07) is 32.8. The van der Waals surface area contributed by atoms with Gasteiger partial charge >= 0.3 is 21.1 Å². The van der Waals surface area contributed by atoms with Crippen LogP contribution in [0.3, 0.4) is 0 Å². The van der Waals surface area contributed by atoms with Crippen molar-refractivity contribution in [3.63, 3.8) is 0 Å². The minimum Gasteiger partial charge on any atom is -0.291 e. The summed E-state index contributed by atoms with van der Waals surface area (Å²) in [5.41, 5.74) is 5.98. The molecule has 0 bridgehead atoms. The summed E-state index contributed by atoms with van der Waals surface area (Å²) in [4.78, 5) is 9.17. The molecule has 2 heterocycles. The zero-order valence-corrected chi connectivity index (χ0v) is 16.3. The van der Waals surface area contributed by atoms with Crippen molar-refractivity contribution in [2.24, 2.45) is 0 Å². The molecule has 0 aliphatic rings. The zero-order valence-electron chi connectivity index (χ0n) is 14.0. The molecule has 0 amide bonds. The molecule has 0 radical (unpaired) electrons. The van der Waals surface area contributed by atoms with Gasteiger partial charge in [0.15, 0.2) is 0 Å². The van der Waals surface area contributed by atoms with Crippen LogP contribution in [0.2, 0.25) is 0 Å². The second kappa shape index (κ2) is 8.69. The van der Waals surface area contributed by atoms with Crippen molar-refractivity contribution in [1.29, 1.82) is 0 Å². The van der Waals surface area contributed by atoms with Gasteiger partial charge in [0.1, 0.15) is 0 Å². The molecule has 0 unspecified atom stereocenters. The van der Waals surface area contributed by atoms with Gasteiger partial charge in [-0.05, 0) is 18.2 Å². The third kappa shape index (κ3) is 4.33. The third-order valence-corrected chi connectivity index (χ3v) is 3.97. The van der Waals surface area contributed by atoms with Crippen molar-refractivity contribution in [1.82, 2.24) is 9.97 Å². The average Bonchev–Trinajstić information content (AvgIpc) is 2.70. The first-order chi connectivity index (χ1) is 12.4. The van der Waals surface area contributed by atoms with Crippen LogP contribution in [0.5, 0.6) is 0 Å².